The third kappa shape index (κ3) is 3.75. The molecule has 162 valence electrons. The minimum absolute atomic E-state index is 0.278. The maximum absolute atomic E-state index is 11.2. The Morgan fingerprint density at radius 1 is 1.15 bits per heavy atom. The molecule has 0 saturated carbocycles. The van der Waals surface area contributed by atoms with Crippen molar-refractivity contribution in [3.63, 3.8) is 0 Å². The molecule has 6 nitrogen and oxygen atoms in total. The van der Waals surface area contributed by atoms with Crippen LogP contribution in [0.1, 0.15) is 24.6 Å². The fraction of sp³-hybridized carbons (Fsp3) is 0.154. The predicted molar refractivity (Wildman–Crippen MR) is 132 cm³/mol. The minimum atomic E-state index is -1.22. The first-order chi connectivity index (χ1) is 16.1. The maximum atomic E-state index is 11.2. The molecule has 3 heterocycles. The highest BCUT2D eigenvalue weighted by atomic mass is 32.1. The molecule has 1 N–H and O–H groups in total. The first-order valence-electron chi connectivity index (χ1n) is 10.7. The normalized spacial score (nSPS) is 11.9. The number of carboxylic acid groups (broad SMARTS) is 1. The summed E-state index contributed by atoms with van der Waals surface area (Å²) in [5, 5.41) is 19.2. The molecule has 33 heavy (non-hydrogen) atoms. The van der Waals surface area contributed by atoms with Crippen LogP contribution in [0.5, 0.6) is 0 Å². The van der Waals surface area contributed by atoms with Gasteiger partial charge in [-0.2, -0.15) is 5.26 Å². The first-order valence-corrected chi connectivity index (χ1v) is 11.5. The molecule has 0 aliphatic heterocycles. The lowest BCUT2D eigenvalue weighted by Gasteiger charge is -2.06. The number of carboxylic acids is 1. The summed E-state index contributed by atoms with van der Waals surface area (Å²) in [6.07, 6.45) is 3.55. The molecule has 0 spiro atoms. The van der Waals surface area contributed by atoms with Gasteiger partial charge in [0.25, 0.3) is 0 Å². The summed E-state index contributed by atoms with van der Waals surface area (Å²) in [7, 11) is 0. The second kappa shape index (κ2) is 8.49. The number of fused-ring (bicyclic) bond motifs is 4. The lowest BCUT2D eigenvalue weighted by atomic mass is 10.1. The van der Waals surface area contributed by atoms with Crippen molar-refractivity contribution in [3.05, 3.63) is 65.0 Å². The van der Waals surface area contributed by atoms with E-state index in [1.165, 1.54) is 17.4 Å². The van der Waals surface area contributed by atoms with Gasteiger partial charge in [-0.15, -0.1) is 11.3 Å². The summed E-state index contributed by atoms with van der Waals surface area (Å²) < 4.78 is 2.26. The van der Waals surface area contributed by atoms with Crippen LogP contribution >= 0.6 is 11.3 Å². The second-order valence-corrected chi connectivity index (χ2v) is 8.91. The SMILES string of the molecule is CCCCn1c2ccc(-c3ccc(/C=C(\C#N)C(=O)O)s3)cc2c2nc3ccccc3nc21. The fourth-order valence-corrected chi connectivity index (χ4v) is 4.95. The second-order valence-electron chi connectivity index (χ2n) is 7.80. The third-order valence-electron chi connectivity index (χ3n) is 5.63. The van der Waals surface area contributed by atoms with Crippen LogP contribution in [0, 0.1) is 11.3 Å². The van der Waals surface area contributed by atoms with Crippen LogP contribution in [-0.2, 0) is 11.3 Å². The molecule has 0 saturated heterocycles. The molecule has 0 aliphatic rings. The summed E-state index contributed by atoms with van der Waals surface area (Å²) >= 11 is 1.45. The number of unbranched alkanes of at least 4 members (excludes halogenated alkanes) is 1. The van der Waals surface area contributed by atoms with Gasteiger partial charge in [0.15, 0.2) is 5.65 Å². The van der Waals surface area contributed by atoms with E-state index in [2.05, 4.69) is 29.7 Å². The molecule has 0 fully saturated rings. The van der Waals surface area contributed by atoms with Gasteiger partial charge < -0.3 is 9.67 Å². The van der Waals surface area contributed by atoms with Crippen molar-refractivity contribution in [1.29, 1.82) is 5.26 Å². The van der Waals surface area contributed by atoms with Crippen molar-refractivity contribution in [2.45, 2.75) is 26.3 Å². The van der Waals surface area contributed by atoms with Crippen molar-refractivity contribution in [2.75, 3.05) is 0 Å². The molecule has 5 aromatic rings. The van der Waals surface area contributed by atoms with Gasteiger partial charge in [0.1, 0.15) is 17.2 Å². The van der Waals surface area contributed by atoms with Gasteiger partial charge >= 0.3 is 5.97 Å². The summed E-state index contributed by atoms with van der Waals surface area (Å²) in [5.74, 6) is -1.22. The van der Waals surface area contributed by atoms with Crippen LogP contribution in [0.4, 0.5) is 0 Å². The van der Waals surface area contributed by atoms with Gasteiger partial charge in [0.2, 0.25) is 0 Å². The van der Waals surface area contributed by atoms with E-state index in [0.29, 0.717) is 0 Å². The number of aromatic nitrogens is 3. The zero-order chi connectivity index (χ0) is 22.9. The van der Waals surface area contributed by atoms with Crippen LogP contribution in [-0.4, -0.2) is 25.6 Å². The number of aliphatic carboxylic acids is 1. The van der Waals surface area contributed by atoms with Crippen LogP contribution < -0.4 is 0 Å². The van der Waals surface area contributed by atoms with Crippen molar-refractivity contribution in [3.8, 4) is 16.5 Å². The summed E-state index contributed by atoms with van der Waals surface area (Å²) in [6.45, 7) is 3.06. The van der Waals surface area contributed by atoms with E-state index in [4.69, 9.17) is 20.3 Å². The largest absolute Gasteiger partial charge is 0.477 e. The Kier molecular flexibility index (Phi) is 5.37. The molecule has 0 atom stereocenters. The lowest BCUT2D eigenvalue weighted by Crippen LogP contribution is -1.99. The zero-order valence-corrected chi connectivity index (χ0v) is 18.8. The van der Waals surface area contributed by atoms with E-state index in [1.54, 1.807) is 6.07 Å². The first kappa shape index (κ1) is 20.9. The van der Waals surface area contributed by atoms with Crippen molar-refractivity contribution in [2.24, 2.45) is 0 Å². The number of rotatable bonds is 6. The van der Waals surface area contributed by atoms with Crippen molar-refractivity contribution >= 4 is 56.5 Å². The highest BCUT2D eigenvalue weighted by molar-refractivity contribution is 7.16. The molecule has 2 aromatic carbocycles. The van der Waals surface area contributed by atoms with E-state index in [0.717, 1.165) is 67.8 Å². The quantitative estimate of drug-likeness (QED) is 0.243. The van der Waals surface area contributed by atoms with Gasteiger partial charge in [-0.1, -0.05) is 31.5 Å². The molecule has 3 aromatic heterocycles. The fourth-order valence-electron chi connectivity index (χ4n) is 4.00. The highest BCUT2D eigenvalue weighted by Gasteiger charge is 2.16. The van der Waals surface area contributed by atoms with Gasteiger partial charge in [-0.3, -0.25) is 0 Å². The molecule has 7 heteroatoms. The molecule has 5 rings (SSSR count). The minimum Gasteiger partial charge on any atom is -0.477 e. The van der Waals surface area contributed by atoms with E-state index < -0.39 is 5.97 Å². The summed E-state index contributed by atoms with van der Waals surface area (Å²) in [4.78, 5) is 22.8. The Morgan fingerprint density at radius 2 is 1.94 bits per heavy atom. The van der Waals surface area contributed by atoms with Crippen LogP contribution in [0.25, 0.3) is 49.6 Å². The Balaban J connectivity index is 1.68. The monoisotopic (exact) mass is 452 g/mol. The number of nitriles is 1. The average molecular weight is 453 g/mol. The number of benzene rings is 2. The van der Waals surface area contributed by atoms with Crippen LogP contribution in [0.2, 0.25) is 0 Å². The number of nitrogens with zero attached hydrogens (tertiary/aromatic N) is 4. The number of para-hydroxylation sites is 2. The molecule has 0 amide bonds. The Labute approximate surface area is 194 Å². The average Bonchev–Trinajstić information content (AvgIpc) is 3.41. The number of hydrogen-bond donors (Lipinski definition) is 1. The van der Waals surface area contributed by atoms with E-state index in [-0.39, 0.29) is 5.57 Å². The van der Waals surface area contributed by atoms with E-state index in [9.17, 15) is 4.79 Å². The molecule has 0 radical (unpaired) electrons. The topological polar surface area (TPSA) is 91.8 Å². The molecule has 0 bridgehead atoms. The van der Waals surface area contributed by atoms with Crippen molar-refractivity contribution in [1.82, 2.24) is 14.5 Å². The number of aryl methyl sites for hydroxylation is 1. The van der Waals surface area contributed by atoms with Gasteiger partial charge in [-0.25, -0.2) is 14.8 Å². The lowest BCUT2D eigenvalue weighted by molar-refractivity contribution is -0.132. The predicted octanol–water partition coefficient (Wildman–Crippen LogP) is 6.26. The zero-order valence-electron chi connectivity index (χ0n) is 17.9. The number of carbonyl (C=O) groups is 1. The Hall–Kier alpha value is -4.02. The van der Waals surface area contributed by atoms with Gasteiger partial charge in [0, 0.05) is 21.7 Å². The number of hydrogen-bond acceptors (Lipinski definition) is 5. The Bertz CT molecular complexity index is 1600. The number of thiophene rings is 1. The van der Waals surface area contributed by atoms with Gasteiger partial charge in [0.05, 0.1) is 16.6 Å². The summed E-state index contributed by atoms with van der Waals surface area (Å²) in [5.41, 5.74) is 5.37. The maximum Gasteiger partial charge on any atom is 0.346 e. The van der Waals surface area contributed by atoms with Crippen molar-refractivity contribution < 1.29 is 9.90 Å². The standard InChI is InChI=1S/C26H20N4O2S/c1-2-3-12-30-22-10-8-16(23-11-9-18(33-23)13-17(15-27)26(31)32)14-19(22)24-25(30)29-21-7-5-4-6-20(21)28-24/h4-11,13-14H,2-3,12H2,1H3,(H,31,32)/b17-13+. The molecular formula is C26H20N4O2S. The Morgan fingerprint density at radius 3 is 2.67 bits per heavy atom. The highest BCUT2D eigenvalue weighted by Crippen LogP contribution is 2.35. The van der Waals surface area contributed by atoms with E-state index >= 15 is 0 Å². The summed E-state index contributed by atoms with van der Waals surface area (Å²) in [6, 6.07) is 19.7. The molecular weight excluding hydrogens is 432 g/mol. The van der Waals surface area contributed by atoms with Crippen LogP contribution in [0.15, 0.2) is 60.2 Å². The smallest absolute Gasteiger partial charge is 0.346 e. The van der Waals surface area contributed by atoms with Gasteiger partial charge in [-0.05, 0) is 54.5 Å². The molecule has 0 aliphatic carbocycles. The molecule has 0 unspecified atom stereocenters. The van der Waals surface area contributed by atoms with Crippen LogP contribution in [0.3, 0.4) is 0 Å². The third-order valence-corrected chi connectivity index (χ3v) is 6.72. The van der Waals surface area contributed by atoms with E-state index in [1.807, 2.05) is 36.4 Å².